The molecule has 8 rings (SSSR count). The fourth-order valence-electron chi connectivity index (χ4n) is 11.3. The number of imide groups is 1. The third-order valence-corrected chi connectivity index (χ3v) is 14.8. The molecule has 12 atom stereocenters. The minimum Gasteiger partial charge on any atom is -0.504 e. The van der Waals surface area contributed by atoms with E-state index in [9.17, 15) is 48.9 Å². The van der Waals surface area contributed by atoms with Crippen molar-refractivity contribution in [3.63, 3.8) is 0 Å². The van der Waals surface area contributed by atoms with Gasteiger partial charge in [0.2, 0.25) is 11.8 Å². The number of amides is 4. The van der Waals surface area contributed by atoms with E-state index in [1.54, 1.807) is 32.0 Å². The predicted molar refractivity (Wildman–Crippen MR) is 228 cm³/mol. The molecule has 4 amide bonds. The first-order valence-corrected chi connectivity index (χ1v) is 21.9. The highest BCUT2D eigenvalue weighted by atomic mass is 19.1. The number of nitrogens with zero attached hydrogens (tertiary/aromatic N) is 1. The number of alkyl halides is 2. The number of Topliss-reactive ketones (excluding diaryl/α,β-unsaturated/α-hetero) is 2. The number of aromatic hydroxyl groups is 1. The molecule has 2 aliphatic heterocycles. The number of allylic oxidation sites excluding steroid dienone is 4. The van der Waals surface area contributed by atoms with Gasteiger partial charge in [-0.05, 0) is 99.2 Å². The van der Waals surface area contributed by atoms with Crippen LogP contribution in [0.25, 0.3) is 0 Å². The Balaban J connectivity index is 0.882. The lowest BCUT2D eigenvalue weighted by atomic mass is 9.44. The van der Waals surface area contributed by atoms with E-state index in [4.69, 9.17) is 14.2 Å². The number of ketones is 3. The number of hydrogen-bond acceptors (Lipinski definition) is 13. The van der Waals surface area contributed by atoms with E-state index < -0.39 is 118 Å². The third-order valence-electron chi connectivity index (χ3n) is 14.8. The number of rotatable bonds is 14. The minimum absolute atomic E-state index is 0.0263. The summed E-state index contributed by atoms with van der Waals surface area (Å²) in [5.41, 5.74) is -6.60. The molecule has 5 N–H and O–H groups in total. The molecule has 0 unspecified atom stereocenters. The van der Waals surface area contributed by atoms with Crippen LogP contribution in [0.2, 0.25) is 0 Å². The first-order chi connectivity index (χ1) is 31.2. The summed E-state index contributed by atoms with van der Waals surface area (Å²) in [6.07, 6.45) is -0.807. The van der Waals surface area contributed by atoms with Crippen molar-refractivity contribution in [2.24, 2.45) is 28.6 Å². The number of ether oxygens (including phenoxy) is 3. The number of hydrogen-bond donors (Lipinski definition) is 5. The molecule has 6 aliphatic rings. The van der Waals surface area contributed by atoms with Crippen LogP contribution in [0.5, 0.6) is 17.2 Å². The Kier molecular flexibility index (Phi) is 12.0. The van der Waals surface area contributed by atoms with Crippen LogP contribution in [0.3, 0.4) is 0 Å². The van der Waals surface area contributed by atoms with E-state index >= 15 is 8.78 Å². The van der Waals surface area contributed by atoms with E-state index in [-0.39, 0.29) is 67.0 Å². The van der Waals surface area contributed by atoms with E-state index in [0.29, 0.717) is 5.69 Å². The summed E-state index contributed by atoms with van der Waals surface area (Å²) in [6.45, 7) is 5.10. The molecule has 350 valence electrons. The molecule has 1 saturated heterocycles. The molecule has 0 radical (unpaired) electrons. The van der Waals surface area contributed by atoms with E-state index in [0.717, 1.165) is 23.1 Å². The first kappa shape index (κ1) is 46.6. The van der Waals surface area contributed by atoms with Crippen molar-refractivity contribution >= 4 is 46.7 Å². The molecule has 0 aromatic heterocycles. The number of aliphatic hydroxyl groups is 2. The first-order valence-electron chi connectivity index (χ1n) is 21.9. The Labute approximate surface area is 378 Å². The Morgan fingerprint density at radius 2 is 1.68 bits per heavy atom. The maximum Gasteiger partial charge on any atom is 0.253 e. The third kappa shape index (κ3) is 7.47. The summed E-state index contributed by atoms with van der Waals surface area (Å²) < 4.78 is 52.5. The predicted octanol–water partition coefficient (Wildman–Crippen LogP) is 4.18. The van der Waals surface area contributed by atoms with Gasteiger partial charge in [-0.2, -0.15) is 0 Å². The zero-order chi connectivity index (χ0) is 47.7. The number of anilines is 1. The topological polar surface area (TPSA) is 235 Å². The molecule has 4 aliphatic carbocycles. The minimum atomic E-state index is -2.40. The fraction of sp³-hybridized carbons (Fsp3) is 0.479. The highest BCUT2D eigenvalue weighted by molar-refractivity contribution is 6.13. The van der Waals surface area contributed by atoms with Crippen molar-refractivity contribution < 1.29 is 71.9 Å². The standard InChI is InChI=1S/C48H51F2N3O13/c1-24(17-34(56)25(2)51-40(60)14-16-53-41(61)11-12-42(53)62)43(63)52-27-6-8-29(9-7-27)64-36-10-5-26(18-35(36)57)44-65-39-21-30-31-20-33(49)32-19-28(55)13-15-45(32,3)47(31,50)37(58)22-46(30,4)48(39,66-44)38(59)23-54/h5-13,15,18-19,24-25,30-31,33,37,39,44,54,57-58H,14,16-17,20-23H2,1-4H3,(H,51,60)(H,52,63)/t24-,25+,30+,31+,33+,37+,39-,44-,45+,46+,47+,48-/m1/s1. The number of carbonyl (C=O) groups excluding carboxylic acids is 7. The summed E-state index contributed by atoms with van der Waals surface area (Å²) in [6, 6.07) is 9.55. The Hall–Kier alpha value is -5.95. The van der Waals surface area contributed by atoms with Gasteiger partial charge in [0.1, 0.15) is 18.5 Å². The van der Waals surface area contributed by atoms with Crippen LogP contribution in [0, 0.1) is 28.6 Å². The SMILES string of the molecule is C[C@H](CC(=O)[C@H](C)NC(=O)CCN1C(=O)C=CC1=O)C(=O)Nc1ccc(Oc2ccc([C@@H]3O[C@@H]4C[C@H]5[C@@H]6C[C@H](F)C7=CC(=O)C=C[C@]7(C)[C@@]6(F)[C@@H](O)C[C@]5(C)[C@]4(C(=O)CO)O3)cc2O)cc1. The maximum absolute atomic E-state index is 17.7. The summed E-state index contributed by atoms with van der Waals surface area (Å²) >= 11 is 0. The summed E-state index contributed by atoms with van der Waals surface area (Å²) in [5.74, 6) is -6.29. The van der Waals surface area contributed by atoms with Gasteiger partial charge in [-0.3, -0.25) is 38.5 Å². The molecule has 0 bridgehead atoms. The van der Waals surface area contributed by atoms with Gasteiger partial charge in [0.05, 0.1) is 18.2 Å². The van der Waals surface area contributed by atoms with Crippen molar-refractivity contribution in [1.82, 2.24) is 10.2 Å². The van der Waals surface area contributed by atoms with Crippen LogP contribution in [0.1, 0.15) is 71.7 Å². The number of carbonyl (C=O) groups is 7. The van der Waals surface area contributed by atoms with Crippen LogP contribution < -0.4 is 15.4 Å². The second-order valence-corrected chi connectivity index (χ2v) is 18.6. The second kappa shape index (κ2) is 17.0. The molecular formula is C48H51F2N3O13. The number of halogens is 2. The van der Waals surface area contributed by atoms with Crippen LogP contribution in [0.4, 0.5) is 14.5 Å². The lowest BCUT2D eigenvalue weighted by Crippen LogP contribution is -2.70. The van der Waals surface area contributed by atoms with Gasteiger partial charge in [0.15, 0.2) is 46.4 Å². The Bertz CT molecular complexity index is 2480. The normalized spacial score (nSPS) is 33.8. The van der Waals surface area contributed by atoms with Crippen molar-refractivity contribution in [3.05, 3.63) is 84.0 Å². The molecule has 0 spiro atoms. The van der Waals surface area contributed by atoms with Gasteiger partial charge in [0, 0.05) is 65.5 Å². The molecule has 3 saturated carbocycles. The van der Waals surface area contributed by atoms with Crippen molar-refractivity contribution in [3.8, 4) is 17.2 Å². The van der Waals surface area contributed by atoms with Crippen LogP contribution >= 0.6 is 0 Å². The van der Waals surface area contributed by atoms with Crippen LogP contribution in [-0.2, 0) is 43.0 Å². The largest absolute Gasteiger partial charge is 0.504 e. The Morgan fingerprint density at radius 3 is 2.35 bits per heavy atom. The number of phenolic OH excluding ortho intramolecular Hbond substituents is 1. The lowest BCUT2D eigenvalue weighted by molar-refractivity contribution is -0.235. The quantitative estimate of drug-likeness (QED) is 0.168. The molecule has 4 fully saturated rings. The maximum atomic E-state index is 17.7. The molecule has 2 aromatic rings. The average molecular weight is 916 g/mol. The average Bonchev–Trinajstić information content (AvgIpc) is 3.90. The van der Waals surface area contributed by atoms with Crippen molar-refractivity contribution in [1.29, 1.82) is 0 Å². The van der Waals surface area contributed by atoms with Crippen LogP contribution in [0.15, 0.2) is 78.4 Å². The number of nitrogens with one attached hydrogen (secondary N) is 2. The fourth-order valence-corrected chi connectivity index (χ4v) is 11.3. The van der Waals surface area contributed by atoms with Crippen LogP contribution in [-0.4, -0.2) is 110 Å². The molecule has 2 heterocycles. The molecule has 2 aromatic carbocycles. The van der Waals surface area contributed by atoms with E-state index in [1.165, 1.54) is 50.3 Å². The molecule has 18 heteroatoms. The highest BCUT2D eigenvalue weighted by Gasteiger charge is 2.80. The van der Waals surface area contributed by atoms with E-state index in [2.05, 4.69) is 10.6 Å². The molecule has 16 nitrogen and oxygen atoms in total. The summed E-state index contributed by atoms with van der Waals surface area (Å²) in [4.78, 5) is 88.5. The zero-order valence-electron chi connectivity index (χ0n) is 36.6. The summed E-state index contributed by atoms with van der Waals surface area (Å²) in [5, 5.41) is 38.4. The zero-order valence-corrected chi connectivity index (χ0v) is 36.6. The van der Waals surface area contributed by atoms with Gasteiger partial charge < -0.3 is 40.2 Å². The van der Waals surface area contributed by atoms with Gasteiger partial charge in [-0.1, -0.05) is 19.9 Å². The van der Waals surface area contributed by atoms with Crippen molar-refractivity contribution in [2.45, 2.75) is 102 Å². The van der Waals surface area contributed by atoms with Crippen molar-refractivity contribution in [2.75, 3.05) is 18.5 Å². The smallest absolute Gasteiger partial charge is 0.253 e. The number of aliphatic hydroxyl groups excluding tert-OH is 2. The van der Waals surface area contributed by atoms with Gasteiger partial charge >= 0.3 is 0 Å². The number of benzene rings is 2. The number of phenols is 1. The Morgan fingerprint density at radius 1 is 0.985 bits per heavy atom. The monoisotopic (exact) mass is 915 g/mol. The van der Waals surface area contributed by atoms with Gasteiger partial charge in [0.25, 0.3) is 11.8 Å². The molecule has 66 heavy (non-hydrogen) atoms. The van der Waals surface area contributed by atoms with Gasteiger partial charge in [-0.15, -0.1) is 0 Å². The highest BCUT2D eigenvalue weighted by Crippen LogP contribution is 2.72. The number of fused-ring (bicyclic) bond motifs is 7. The second-order valence-electron chi connectivity index (χ2n) is 18.6. The summed E-state index contributed by atoms with van der Waals surface area (Å²) in [7, 11) is 0. The van der Waals surface area contributed by atoms with E-state index in [1.807, 2.05) is 0 Å². The lowest BCUT2D eigenvalue weighted by Gasteiger charge is -2.63. The van der Waals surface area contributed by atoms with Gasteiger partial charge in [-0.25, -0.2) is 8.78 Å². The molecular weight excluding hydrogens is 865 g/mol.